The molecule has 0 aliphatic carbocycles. The van der Waals surface area contributed by atoms with Gasteiger partial charge in [-0.2, -0.15) is 0 Å². The van der Waals surface area contributed by atoms with Gasteiger partial charge in [0, 0.05) is 0 Å². The molecule has 5 nitrogen and oxygen atoms in total. The normalized spacial score (nSPS) is 10.1. The second kappa shape index (κ2) is 6.68. The number of aliphatic hydroxyl groups excluding tert-OH is 1. The zero-order chi connectivity index (χ0) is 14.4. The summed E-state index contributed by atoms with van der Waals surface area (Å²) in [5.74, 6) is 0.741. The third kappa shape index (κ3) is 4.07. The van der Waals surface area contributed by atoms with Crippen LogP contribution < -0.4 is 10.1 Å². The van der Waals surface area contributed by atoms with Gasteiger partial charge in [0.05, 0.1) is 12.3 Å². The largest absolute Gasteiger partial charge is 0.484 e. The van der Waals surface area contributed by atoms with E-state index in [-0.39, 0.29) is 19.1 Å². The van der Waals surface area contributed by atoms with E-state index in [2.05, 4.69) is 10.3 Å². The van der Waals surface area contributed by atoms with E-state index in [1.807, 2.05) is 31.2 Å². The van der Waals surface area contributed by atoms with Crippen LogP contribution in [-0.2, 0) is 11.4 Å². The van der Waals surface area contributed by atoms with Crippen molar-refractivity contribution in [3.8, 4) is 5.75 Å². The monoisotopic (exact) mass is 272 g/mol. The number of hydrogen-bond donors (Lipinski definition) is 2. The van der Waals surface area contributed by atoms with Gasteiger partial charge >= 0.3 is 0 Å². The highest BCUT2D eigenvalue weighted by Crippen LogP contribution is 2.11. The first-order valence-corrected chi connectivity index (χ1v) is 6.23. The Morgan fingerprint density at radius 3 is 2.70 bits per heavy atom. The molecule has 0 radical (unpaired) electrons. The number of aromatic nitrogens is 1. The molecule has 104 valence electrons. The van der Waals surface area contributed by atoms with E-state index >= 15 is 0 Å². The number of rotatable bonds is 5. The number of carbonyl (C=O) groups excluding carboxylic acids is 1. The van der Waals surface area contributed by atoms with Crippen LogP contribution in [0.5, 0.6) is 5.75 Å². The van der Waals surface area contributed by atoms with E-state index in [0.29, 0.717) is 17.3 Å². The molecule has 5 heteroatoms. The quantitative estimate of drug-likeness (QED) is 0.872. The Bertz CT molecular complexity index is 582. The van der Waals surface area contributed by atoms with E-state index in [9.17, 15) is 4.79 Å². The molecule has 0 aliphatic heterocycles. The van der Waals surface area contributed by atoms with Crippen LogP contribution in [0.3, 0.4) is 0 Å². The second-order valence-corrected chi connectivity index (χ2v) is 4.32. The summed E-state index contributed by atoms with van der Waals surface area (Å²) in [5, 5.41) is 11.6. The number of anilines is 1. The zero-order valence-electron chi connectivity index (χ0n) is 11.2. The molecule has 20 heavy (non-hydrogen) atoms. The Hall–Kier alpha value is -2.40. The molecule has 0 bridgehead atoms. The number of amides is 1. The lowest BCUT2D eigenvalue weighted by Gasteiger charge is -2.07. The molecule has 2 aromatic rings. The minimum Gasteiger partial charge on any atom is -0.484 e. The number of hydrogen-bond acceptors (Lipinski definition) is 4. The number of ether oxygens (including phenoxy) is 1. The Kier molecular flexibility index (Phi) is 4.68. The smallest absolute Gasteiger partial charge is 0.263 e. The third-order valence-electron chi connectivity index (χ3n) is 2.63. The average Bonchev–Trinajstić information content (AvgIpc) is 2.47. The lowest BCUT2D eigenvalue weighted by atomic mass is 10.2. The van der Waals surface area contributed by atoms with Gasteiger partial charge < -0.3 is 15.2 Å². The van der Waals surface area contributed by atoms with Crippen molar-refractivity contribution in [2.75, 3.05) is 11.9 Å². The molecule has 0 fully saturated rings. The minimum atomic E-state index is -0.298. The second-order valence-electron chi connectivity index (χ2n) is 4.32. The molecule has 0 aliphatic rings. The molecule has 0 saturated carbocycles. The first kappa shape index (κ1) is 14.0. The van der Waals surface area contributed by atoms with E-state index < -0.39 is 0 Å². The van der Waals surface area contributed by atoms with Crippen LogP contribution >= 0.6 is 0 Å². The fourth-order valence-electron chi connectivity index (χ4n) is 1.60. The molecule has 0 atom stereocenters. The fourth-order valence-corrected chi connectivity index (χ4v) is 1.60. The maximum Gasteiger partial charge on any atom is 0.263 e. The molecular formula is C15H16N2O3. The van der Waals surface area contributed by atoms with Crippen LogP contribution in [0.2, 0.25) is 0 Å². The highest BCUT2D eigenvalue weighted by Gasteiger charge is 2.05. The predicted octanol–water partition coefficient (Wildman–Crippen LogP) is 1.90. The number of nitrogens with zero attached hydrogens (tertiary/aromatic N) is 1. The van der Waals surface area contributed by atoms with Crippen LogP contribution in [0.1, 0.15) is 11.3 Å². The Morgan fingerprint density at radius 2 is 2.00 bits per heavy atom. The van der Waals surface area contributed by atoms with E-state index in [4.69, 9.17) is 9.84 Å². The van der Waals surface area contributed by atoms with Crippen molar-refractivity contribution >= 4 is 11.7 Å². The van der Waals surface area contributed by atoms with E-state index in [0.717, 1.165) is 5.56 Å². The highest BCUT2D eigenvalue weighted by molar-refractivity contribution is 5.90. The van der Waals surface area contributed by atoms with Crippen molar-refractivity contribution in [1.82, 2.24) is 4.98 Å². The Morgan fingerprint density at radius 1 is 1.25 bits per heavy atom. The van der Waals surface area contributed by atoms with Gasteiger partial charge in [0.25, 0.3) is 5.91 Å². The summed E-state index contributed by atoms with van der Waals surface area (Å²) in [4.78, 5) is 15.8. The molecule has 0 spiro atoms. The maximum atomic E-state index is 11.7. The summed E-state index contributed by atoms with van der Waals surface area (Å²) in [6.07, 6.45) is 0. The summed E-state index contributed by atoms with van der Waals surface area (Å²) in [6.45, 7) is 1.73. The van der Waals surface area contributed by atoms with E-state index in [1.54, 1.807) is 18.2 Å². The van der Waals surface area contributed by atoms with Gasteiger partial charge in [-0.25, -0.2) is 4.98 Å². The van der Waals surface area contributed by atoms with Crippen molar-refractivity contribution in [2.45, 2.75) is 13.5 Å². The molecule has 1 amide bonds. The highest BCUT2D eigenvalue weighted by atomic mass is 16.5. The van der Waals surface area contributed by atoms with Crippen LogP contribution in [0.25, 0.3) is 0 Å². The molecule has 0 unspecified atom stereocenters. The van der Waals surface area contributed by atoms with Crippen LogP contribution in [0, 0.1) is 6.92 Å². The molecular weight excluding hydrogens is 256 g/mol. The van der Waals surface area contributed by atoms with E-state index in [1.165, 1.54) is 0 Å². The van der Waals surface area contributed by atoms with Gasteiger partial charge in [-0.05, 0) is 31.2 Å². The molecule has 1 heterocycles. The SMILES string of the molecule is Cc1ccc(OCC(=O)Nc2cccc(CO)n2)cc1. The zero-order valence-corrected chi connectivity index (χ0v) is 11.2. The van der Waals surface area contributed by atoms with Crippen LogP contribution in [0.15, 0.2) is 42.5 Å². The Labute approximate surface area is 117 Å². The molecule has 0 saturated heterocycles. The van der Waals surface area contributed by atoms with Gasteiger partial charge in [-0.15, -0.1) is 0 Å². The van der Waals surface area contributed by atoms with Gasteiger partial charge in [0.1, 0.15) is 11.6 Å². The summed E-state index contributed by atoms with van der Waals surface area (Å²) in [7, 11) is 0. The van der Waals surface area contributed by atoms with Crippen molar-refractivity contribution in [3.63, 3.8) is 0 Å². The van der Waals surface area contributed by atoms with Crippen LogP contribution in [-0.4, -0.2) is 22.6 Å². The Balaban J connectivity index is 1.87. The first-order chi connectivity index (χ1) is 9.67. The molecule has 1 aromatic heterocycles. The van der Waals surface area contributed by atoms with Gasteiger partial charge in [0.15, 0.2) is 6.61 Å². The number of nitrogens with one attached hydrogen (secondary N) is 1. The minimum absolute atomic E-state index is 0.0892. The topological polar surface area (TPSA) is 71.5 Å². The third-order valence-corrected chi connectivity index (χ3v) is 2.63. The fraction of sp³-hybridized carbons (Fsp3) is 0.200. The van der Waals surface area contributed by atoms with Crippen molar-refractivity contribution in [2.24, 2.45) is 0 Å². The molecule has 1 aromatic carbocycles. The number of pyridine rings is 1. The molecule has 2 N–H and O–H groups in total. The number of aryl methyl sites for hydroxylation is 1. The average molecular weight is 272 g/mol. The van der Waals surface area contributed by atoms with Gasteiger partial charge in [0.2, 0.25) is 0 Å². The van der Waals surface area contributed by atoms with Crippen LogP contribution in [0.4, 0.5) is 5.82 Å². The van der Waals surface area contributed by atoms with Crippen molar-refractivity contribution < 1.29 is 14.6 Å². The number of carbonyl (C=O) groups is 1. The van der Waals surface area contributed by atoms with Crippen molar-refractivity contribution in [1.29, 1.82) is 0 Å². The van der Waals surface area contributed by atoms with Gasteiger partial charge in [-0.3, -0.25) is 4.79 Å². The maximum absolute atomic E-state index is 11.7. The summed E-state index contributed by atoms with van der Waals surface area (Å²) >= 11 is 0. The lowest BCUT2D eigenvalue weighted by Crippen LogP contribution is -2.21. The predicted molar refractivity (Wildman–Crippen MR) is 75.5 cm³/mol. The van der Waals surface area contributed by atoms with Gasteiger partial charge in [-0.1, -0.05) is 23.8 Å². The standard InChI is InChI=1S/C15H16N2O3/c1-11-5-7-13(8-6-11)20-10-15(19)17-14-4-2-3-12(9-18)16-14/h2-8,18H,9-10H2,1H3,(H,16,17,19). The van der Waals surface area contributed by atoms with Crippen molar-refractivity contribution in [3.05, 3.63) is 53.7 Å². The molecule has 2 rings (SSSR count). The number of aliphatic hydroxyl groups is 1. The first-order valence-electron chi connectivity index (χ1n) is 6.23. The number of benzene rings is 1. The summed E-state index contributed by atoms with van der Waals surface area (Å²) < 4.78 is 5.36. The lowest BCUT2D eigenvalue weighted by molar-refractivity contribution is -0.118. The summed E-state index contributed by atoms with van der Waals surface area (Å²) in [6, 6.07) is 12.5. The summed E-state index contributed by atoms with van der Waals surface area (Å²) in [5.41, 5.74) is 1.63.